The predicted octanol–water partition coefficient (Wildman–Crippen LogP) is 3.82. The number of rotatable bonds is 3. The van der Waals surface area contributed by atoms with Gasteiger partial charge in [-0.3, -0.25) is 0 Å². The van der Waals surface area contributed by atoms with Gasteiger partial charge in [-0.25, -0.2) is 4.39 Å². The topological polar surface area (TPSA) is 26.0 Å². The van der Waals surface area contributed by atoms with Crippen molar-refractivity contribution in [1.29, 1.82) is 0 Å². The van der Waals surface area contributed by atoms with Crippen molar-refractivity contribution in [3.8, 4) is 0 Å². The second-order valence-electron chi connectivity index (χ2n) is 5.26. The van der Waals surface area contributed by atoms with Gasteiger partial charge in [-0.05, 0) is 50.8 Å². The third kappa shape index (κ3) is 3.98. The molecular weight excluding hydrogens is 246 g/mol. The lowest BCUT2D eigenvalue weighted by atomic mass is 9.94. The Kier molecular flexibility index (Phi) is 4.05. The highest BCUT2D eigenvalue weighted by Crippen LogP contribution is 2.33. The summed E-state index contributed by atoms with van der Waals surface area (Å²) in [6.07, 6.45) is -3.73. The van der Waals surface area contributed by atoms with Gasteiger partial charge in [0, 0.05) is 5.54 Å². The maximum atomic E-state index is 13.4. The fourth-order valence-electron chi connectivity index (χ4n) is 1.66. The Morgan fingerprint density at radius 1 is 1.17 bits per heavy atom. The van der Waals surface area contributed by atoms with E-state index < -0.39 is 23.1 Å². The molecule has 0 aromatic heterocycles. The van der Waals surface area contributed by atoms with Gasteiger partial charge in [0.1, 0.15) is 5.82 Å². The number of hydrogen-bond donors (Lipinski definition) is 1. The molecule has 5 heteroatoms. The standard InChI is InChI=1S/C13H17F4N/c1-8-6-9(4-5-12(2,3)18)7-10(11(8)14)13(15,16)17/h6-7H,4-5,18H2,1-3H3. The predicted molar refractivity (Wildman–Crippen MR) is 62.7 cm³/mol. The first-order valence-corrected chi connectivity index (χ1v) is 5.66. The molecule has 1 aromatic carbocycles. The Morgan fingerprint density at radius 2 is 1.72 bits per heavy atom. The lowest BCUT2D eigenvalue weighted by molar-refractivity contribution is -0.140. The second-order valence-corrected chi connectivity index (χ2v) is 5.26. The number of aryl methyl sites for hydroxylation is 2. The zero-order valence-corrected chi connectivity index (χ0v) is 10.7. The fraction of sp³-hybridized carbons (Fsp3) is 0.538. The first-order valence-electron chi connectivity index (χ1n) is 5.66. The van der Waals surface area contributed by atoms with Gasteiger partial charge in [-0.15, -0.1) is 0 Å². The molecule has 0 saturated heterocycles. The van der Waals surface area contributed by atoms with Crippen molar-refractivity contribution in [2.24, 2.45) is 5.73 Å². The Morgan fingerprint density at radius 3 is 2.17 bits per heavy atom. The van der Waals surface area contributed by atoms with Crippen LogP contribution in [0.15, 0.2) is 12.1 Å². The Labute approximate surface area is 104 Å². The van der Waals surface area contributed by atoms with Gasteiger partial charge in [-0.1, -0.05) is 6.07 Å². The van der Waals surface area contributed by atoms with Crippen LogP contribution >= 0.6 is 0 Å². The summed E-state index contributed by atoms with van der Waals surface area (Å²) in [5, 5.41) is 0. The largest absolute Gasteiger partial charge is 0.419 e. The summed E-state index contributed by atoms with van der Waals surface area (Å²) in [6, 6.07) is 2.31. The highest BCUT2D eigenvalue weighted by atomic mass is 19.4. The second kappa shape index (κ2) is 4.88. The van der Waals surface area contributed by atoms with E-state index in [0.29, 0.717) is 18.4 Å². The van der Waals surface area contributed by atoms with Crippen LogP contribution in [-0.2, 0) is 12.6 Å². The smallest absolute Gasteiger partial charge is 0.326 e. The molecule has 102 valence electrons. The molecule has 18 heavy (non-hydrogen) atoms. The van der Waals surface area contributed by atoms with Crippen LogP contribution in [0.25, 0.3) is 0 Å². The van der Waals surface area contributed by atoms with Crippen molar-refractivity contribution >= 4 is 0 Å². The average Bonchev–Trinajstić information content (AvgIpc) is 2.16. The van der Waals surface area contributed by atoms with Gasteiger partial charge in [0.2, 0.25) is 0 Å². The van der Waals surface area contributed by atoms with Gasteiger partial charge >= 0.3 is 6.18 Å². The Bertz CT molecular complexity index is 430. The van der Waals surface area contributed by atoms with Gasteiger partial charge in [-0.2, -0.15) is 13.2 Å². The van der Waals surface area contributed by atoms with Crippen molar-refractivity contribution in [2.45, 2.75) is 45.3 Å². The molecule has 0 unspecified atom stereocenters. The highest BCUT2D eigenvalue weighted by Gasteiger charge is 2.35. The molecule has 1 nitrogen and oxygen atoms in total. The minimum absolute atomic E-state index is 0.00894. The maximum Gasteiger partial charge on any atom is 0.419 e. The molecule has 0 aliphatic rings. The summed E-state index contributed by atoms with van der Waals surface area (Å²) in [7, 11) is 0. The molecule has 1 aromatic rings. The van der Waals surface area contributed by atoms with Crippen LogP contribution in [0.5, 0.6) is 0 Å². The number of alkyl halides is 3. The van der Waals surface area contributed by atoms with E-state index in [2.05, 4.69) is 0 Å². The minimum Gasteiger partial charge on any atom is -0.326 e. The van der Waals surface area contributed by atoms with Gasteiger partial charge in [0.25, 0.3) is 0 Å². The van der Waals surface area contributed by atoms with E-state index in [9.17, 15) is 17.6 Å². The molecule has 1 rings (SSSR count). The van der Waals surface area contributed by atoms with E-state index in [-0.39, 0.29) is 5.56 Å². The molecule has 0 atom stereocenters. The van der Waals surface area contributed by atoms with Gasteiger partial charge < -0.3 is 5.73 Å². The van der Waals surface area contributed by atoms with E-state index in [1.165, 1.54) is 13.0 Å². The van der Waals surface area contributed by atoms with Gasteiger partial charge in [0.05, 0.1) is 5.56 Å². The van der Waals surface area contributed by atoms with E-state index in [0.717, 1.165) is 6.07 Å². The molecule has 0 fully saturated rings. The number of halogens is 4. The summed E-state index contributed by atoms with van der Waals surface area (Å²) >= 11 is 0. The van der Waals surface area contributed by atoms with E-state index in [4.69, 9.17) is 5.73 Å². The summed E-state index contributed by atoms with van der Waals surface area (Å²) in [5.41, 5.74) is 4.59. The first-order chi connectivity index (χ1) is 8.00. The van der Waals surface area contributed by atoms with Crippen molar-refractivity contribution in [1.82, 2.24) is 0 Å². The lowest BCUT2D eigenvalue weighted by Crippen LogP contribution is -2.32. The summed E-state index contributed by atoms with van der Waals surface area (Å²) in [6.45, 7) is 4.93. The summed E-state index contributed by atoms with van der Waals surface area (Å²) in [5.74, 6) is -1.20. The van der Waals surface area contributed by atoms with Crippen molar-refractivity contribution in [3.63, 3.8) is 0 Å². The monoisotopic (exact) mass is 263 g/mol. The molecule has 0 spiro atoms. The lowest BCUT2D eigenvalue weighted by Gasteiger charge is -2.19. The van der Waals surface area contributed by atoms with Crippen LogP contribution in [0.1, 0.15) is 37.0 Å². The first kappa shape index (κ1) is 15.0. The van der Waals surface area contributed by atoms with Crippen LogP contribution in [0.4, 0.5) is 17.6 Å². The molecular formula is C13H17F4N. The number of hydrogen-bond acceptors (Lipinski definition) is 1. The molecule has 0 saturated carbocycles. The molecule has 0 aliphatic carbocycles. The third-order valence-electron chi connectivity index (χ3n) is 2.68. The normalized spacial score (nSPS) is 12.9. The fourth-order valence-corrected chi connectivity index (χ4v) is 1.66. The molecule has 0 heterocycles. The van der Waals surface area contributed by atoms with Crippen molar-refractivity contribution < 1.29 is 17.6 Å². The Hall–Kier alpha value is -1.10. The van der Waals surface area contributed by atoms with Crippen LogP contribution in [0.3, 0.4) is 0 Å². The molecule has 0 amide bonds. The summed E-state index contributed by atoms with van der Waals surface area (Å²) in [4.78, 5) is 0. The minimum atomic E-state index is -4.66. The van der Waals surface area contributed by atoms with Crippen molar-refractivity contribution in [3.05, 3.63) is 34.6 Å². The van der Waals surface area contributed by atoms with E-state index in [1.807, 2.05) is 0 Å². The van der Waals surface area contributed by atoms with E-state index in [1.54, 1.807) is 13.8 Å². The zero-order valence-electron chi connectivity index (χ0n) is 10.7. The molecule has 2 N–H and O–H groups in total. The number of nitrogens with two attached hydrogens (primary N) is 1. The van der Waals surface area contributed by atoms with Crippen molar-refractivity contribution in [2.75, 3.05) is 0 Å². The number of benzene rings is 1. The maximum absolute atomic E-state index is 13.4. The average molecular weight is 263 g/mol. The zero-order chi connectivity index (χ0) is 14.1. The Balaban J connectivity index is 3.06. The van der Waals surface area contributed by atoms with E-state index >= 15 is 0 Å². The highest BCUT2D eigenvalue weighted by molar-refractivity contribution is 5.33. The van der Waals surface area contributed by atoms with Gasteiger partial charge in [0.15, 0.2) is 0 Å². The molecule has 0 aliphatic heterocycles. The quantitative estimate of drug-likeness (QED) is 0.824. The van der Waals surface area contributed by atoms with Crippen LogP contribution in [-0.4, -0.2) is 5.54 Å². The van der Waals surface area contributed by atoms with Crippen LogP contribution in [0.2, 0.25) is 0 Å². The summed E-state index contributed by atoms with van der Waals surface area (Å²) < 4.78 is 51.3. The molecule has 0 radical (unpaired) electrons. The SMILES string of the molecule is Cc1cc(CCC(C)(C)N)cc(C(F)(F)F)c1F. The molecule has 0 bridgehead atoms. The third-order valence-corrected chi connectivity index (χ3v) is 2.68. The van der Waals surface area contributed by atoms with Crippen LogP contribution < -0.4 is 5.73 Å². The van der Waals surface area contributed by atoms with Crippen LogP contribution in [0, 0.1) is 12.7 Å².